The van der Waals surface area contributed by atoms with Gasteiger partial charge in [0.05, 0.1) is 25.3 Å². The van der Waals surface area contributed by atoms with E-state index in [0.29, 0.717) is 49.2 Å². The number of fused-ring (bicyclic) bond motifs is 1. The van der Waals surface area contributed by atoms with Crippen molar-refractivity contribution in [2.24, 2.45) is 11.5 Å². The van der Waals surface area contributed by atoms with E-state index in [2.05, 4.69) is 29.1 Å². The highest BCUT2D eigenvalue weighted by Gasteiger charge is 2.22. The van der Waals surface area contributed by atoms with Crippen LogP contribution in [0.4, 0.5) is 5.82 Å². The van der Waals surface area contributed by atoms with E-state index in [1.54, 1.807) is 9.20 Å². The summed E-state index contributed by atoms with van der Waals surface area (Å²) in [5.74, 6) is 0.0938. The minimum absolute atomic E-state index is 0.172. The first-order chi connectivity index (χ1) is 20.7. The number of carbonyl (C=O) groups is 2. The molecule has 1 aliphatic rings. The first-order valence-electron chi connectivity index (χ1n) is 13.9. The van der Waals surface area contributed by atoms with Gasteiger partial charge in [-0.3, -0.25) is 9.59 Å². The van der Waals surface area contributed by atoms with E-state index < -0.39 is 17.9 Å². The largest absolute Gasteiger partial charge is 0.441 e. The maximum absolute atomic E-state index is 12.2. The van der Waals surface area contributed by atoms with Gasteiger partial charge in [-0.2, -0.15) is 19.8 Å². The van der Waals surface area contributed by atoms with Gasteiger partial charge < -0.3 is 25.8 Å². The molecule has 5 aromatic rings. The van der Waals surface area contributed by atoms with Crippen LogP contribution in [0.5, 0.6) is 0 Å². The molecule has 4 aromatic heterocycles. The van der Waals surface area contributed by atoms with Crippen molar-refractivity contribution in [3.8, 4) is 28.5 Å². The van der Waals surface area contributed by atoms with Gasteiger partial charge in [0, 0.05) is 42.7 Å². The number of primary amides is 1. The summed E-state index contributed by atoms with van der Waals surface area (Å²) in [6.45, 7) is 6.35. The number of rotatable bonds is 9. The predicted octanol–water partition coefficient (Wildman–Crippen LogP) is 1.60. The third-order valence-electron chi connectivity index (χ3n) is 7.16. The fourth-order valence-corrected chi connectivity index (χ4v) is 4.91. The maximum Gasteiger partial charge on any atom is 0.325 e. The van der Waals surface area contributed by atoms with Crippen molar-refractivity contribution in [1.29, 1.82) is 0 Å². The Kier molecular flexibility index (Phi) is 7.61. The summed E-state index contributed by atoms with van der Waals surface area (Å²) in [4.78, 5) is 30.3. The molecule has 1 aromatic carbocycles. The molecule has 14 nitrogen and oxygen atoms in total. The number of nitrogens with zero attached hydrogens (tertiary/aromatic N) is 8. The van der Waals surface area contributed by atoms with Gasteiger partial charge in [0.1, 0.15) is 23.2 Å². The van der Waals surface area contributed by atoms with E-state index in [-0.39, 0.29) is 13.2 Å². The van der Waals surface area contributed by atoms with Gasteiger partial charge in [-0.1, -0.05) is 23.8 Å². The molecule has 0 bridgehead atoms. The molecule has 4 N–H and O–H groups in total. The Morgan fingerprint density at radius 1 is 1.00 bits per heavy atom. The van der Waals surface area contributed by atoms with Crippen molar-refractivity contribution in [1.82, 2.24) is 34.2 Å². The number of carbonyl (C=O) groups excluding carboxylic acids is 2. The van der Waals surface area contributed by atoms with Crippen LogP contribution in [0.3, 0.4) is 0 Å². The van der Waals surface area contributed by atoms with E-state index in [1.165, 1.54) is 4.68 Å². The number of hydrogen-bond acceptors (Lipinski definition) is 10. The third-order valence-corrected chi connectivity index (χ3v) is 7.16. The van der Waals surface area contributed by atoms with E-state index in [1.807, 2.05) is 49.5 Å². The van der Waals surface area contributed by atoms with Crippen LogP contribution in [0.25, 0.3) is 34.1 Å². The maximum atomic E-state index is 12.2. The normalized spacial score (nSPS) is 14.3. The van der Waals surface area contributed by atoms with Crippen molar-refractivity contribution in [3.63, 3.8) is 0 Å². The smallest absolute Gasteiger partial charge is 0.325 e. The lowest BCUT2D eigenvalue weighted by Gasteiger charge is -2.29. The van der Waals surface area contributed by atoms with E-state index in [4.69, 9.17) is 36.1 Å². The number of ether oxygens (including phenoxy) is 2. The van der Waals surface area contributed by atoms with Gasteiger partial charge in [0.25, 0.3) is 0 Å². The molecule has 43 heavy (non-hydrogen) atoms. The number of benzene rings is 1. The molecule has 14 heteroatoms. The lowest BCUT2D eigenvalue weighted by Crippen LogP contribution is -2.37. The lowest BCUT2D eigenvalue weighted by atomic mass is 10.1. The predicted molar refractivity (Wildman–Crippen MR) is 157 cm³/mol. The topological polar surface area (TPSA) is 174 Å². The lowest BCUT2D eigenvalue weighted by molar-refractivity contribution is -0.150. The monoisotopic (exact) mass is 584 g/mol. The fourth-order valence-electron chi connectivity index (χ4n) is 4.91. The Morgan fingerprint density at radius 3 is 2.56 bits per heavy atom. The number of anilines is 1. The van der Waals surface area contributed by atoms with Crippen molar-refractivity contribution in [2.45, 2.75) is 33.0 Å². The average Bonchev–Trinajstić information content (AvgIpc) is 3.74. The molecule has 222 valence electrons. The van der Waals surface area contributed by atoms with Crippen LogP contribution in [0, 0.1) is 13.8 Å². The SMILES string of the molecule is Cc1cccc(-c2ccn(-c3cc(N4CCOCC4)n4nc(-c5cc(C)n(COC(=O)[C@@H](N)CC(N)=O)n5)cc4n3)n2)c1. The minimum Gasteiger partial charge on any atom is -0.441 e. The summed E-state index contributed by atoms with van der Waals surface area (Å²) in [5.41, 5.74) is 16.4. The Bertz CT molecular complexity index is 1800. The molecule has 1 aliphatic heterocycles. The van der Waals surface area contributed by atoms with E-state index >= 15 is 0 Å². The number of aromatic nitrogens is 7. The van der Waals surface area contributed by atoms with Crippen molar-refractivity contribution in [2.75, 3.05) is 31.2 Å². The van der Waals surface area contributed by atoms with Crippen LogP contribution >= 0.6 is 0 Å². The van der Waals surface area contributed by atoms with Crippen LogP contribution in [0.15, 0.2) is 54.7 Å². The van der Waals surface area contributed by atoms with Crippen LogP contribution in [-0.2, 0) is 25.8 Å². The molecule has 1 atom stereocenters. The third kappa shape index (κ3) is 5.96. The van der Waals surface area contributed by atoms with Gasteiger partial charge in [0.2, 0.25) is 5.91 Å². The van der Waals surface area contributed by atoms with E-state index in [0.717, 1.165) is 28.3 Å². The molecule has 6 rings (SSSR count). The highest BCUT2D eigenvalue weighted by molar-refractivity contribution is 5.84. The van der Waals surface area contributed by atoms with Crippen molar-refractivity contribution >= 4 is 23.3 Å². The summed E-state index contributed by atoms with van der Waals surface area (Å²) in [5, 5.41) is 14.3. The summed E-state index contributed by atoms with van der Waals surface area (Å²) < 4.78 is 15.9. The zero-order valence-electron chi connectivity index (χ0n) is 23.9. The number of morpholine rings is 1. The van der Waals surface area contributed by atoms with Crippen molar-refractivity contribution in [3.05, 3.63) is 66.0 Å². The van der Waals surface area contributed by atoms with Crippen LogP contribution < -0.4 is 16.4 Å². The number of esters is 1. The second kappa shape index (κ2) is 11.7. The van der Waals surface area contributed by atoms with Gasteiger partial charge in [-0.15, -0.1) is 0 Å². The summed E-state index contributed by atoms with van der Waals surface area (Å²) >= 11 is 0. The first kappa shape index (κ1) is 28.1. The fraction of sp³-hybridized carbons (Fsp3) is 0.310. The van der Waals surface area contributed by atoms with E-state index in [9.17, 15) is 9.59 Å². The molecule has 0 spiro atoms. The number of amides is 1. The molecule has 1 amide bonds. The quantitative estimate of drug-likeness (QED) is 0.242. The average molecular weight is 585 g/mol. The number of aryl methyl sites for hydroxylation is 2. The van der Waals surface area contributed by atoms with Crippen molar-refractivity contribution < 1.29 is 19.1 Å². The van der Waals surface area contributed by atoms with Gasteiger partial charge in [-0.25, -0.2) is 14.3 Å². The summed E-state index contributed by atoms with van der Waals surface area (Å²) in [7, 11) is 0. The second-order valence-electron chi connectivity index (χ2n) is 10.4. The first-order valence-corrected chi connectivity index (χ1v) is 13.9. The molecule has 1 saturated heterocycles. The Labute approximate surface area is 246 Å². The number of hydrogen-bond donors (Lipinski definition) is 2. The zero-order valence-corrected chi connectivity index (χ0v) is 23.9. The van der Waals surface area contributed by atoms with Gasteiger partial charge in [0.15, 0.2) is 18.2 Å². The highest BCUT2D eigenvalue weighted by Crippen LogP contribution is 2.26. The Hall–Kier alpha value is -5.08. The van der Waals surface area contributed by atoms with Crippen LogP contribution in [0.2, 0.25) is 0 Å². The molecule has 5 heterocycles. The van der Waals surface area contributed by atoms with Gasteiger partial charge in [-0.05, 0) is 32.0 Å². The number of nitrogens with two attached hydrogens (primary N) is 2. The minimum atomic E-state index is -1.13. The summed E-state index contributed by atoms with van der Waals surface area (Å²) in [6, 6.07) is 14.7. The molecule has 0 saturated carbocycles. The Morgan fingerprint density at radius 2 is 1.79 bits per heavy atom. The molecule has 0 aliphatic carbocycles. The Balaban J connectivity index is 1.32. The molecule has 0 unspecified atom stereocenters. The van der Waals surface area contributed by atoms with Crippen LogP contribution in [0.1, 0.15) is 17.7 Å². The second-order valence-corrected chi connectivity index (χ2v) is 10.4. The molecule has 1 fully saturated rings. The standard InChI is InChI=1S/C29H32N10O4/c1-18-4-3-5-20(12-18)22-6-7-37(33-22)26-16-28(36-8-10-42-11-9-36)39-27(32-26)15-24(35-39)23-13-19(2)38(34-23)17-43-29(41)21(30)14-25(31)40/h3-7,12-13,15-16,21H,8-11,14,17,30H2,1-2H3,(H2,31,40)/t21-/m0/s1. The molecule has 0 radical (unpaired) electrons. The van der Waals surface area contributed by atoms with Crippen LogP contribution in [-0.4, -0.2) is 78.4 Å². The summed E-state index contributed by atoms with van der Waals surface area (Å²) in [6.07, 6.45) is 1.61. The highest BCUT2D eigenvalue weighted by atomic mass is 16.5. The molecular formula is C29H32N10O4. The zero-order chi connectivity index (χ0) is 30.1. The van der Waals surface area contributed by atoms with Gasteiger partial charge >= 0.3 is 5.97 Å². The molecular weight excluding hydrogens is 552 g/mol.